The minimum absolute atomic E-state index is 0.0592. The monoisotopic (exact) mass is 476 g/mol. The van der Waals surface area contributed by atoms with E-state index in [-0.39, 0.29) is 11.8 Å². The minimum Gasteiger partial charge on any atom is -0.479 e. The molecule has 1 aromatic rings. The van der Waals surface area contributed by atoms with Gasteiger partial charge >= 0.3 is 5.97 Å². The van der Waals surface area contributed by atoms with Crippen molar-refractivity contribution in [1.82, 2.24) is 0 Å². The molecular weight excluding hydrogens is 440 g/mol. The van der Waals surface area contributed by atoms with Crippen molar-refractivity contribution in [2.75, 3.05) is 6.61 Å². The van der Waals surface area contributed by atoms with E-state index in [0.29, 0.717) is 29.9 Å². The molecule has 1 spiro atoms. The number of fused-ring (bicyclic) bond motifs is 2. The molecule has 0 aromatic heterocycles. The highest BCUT2D eigenvalue weighted by molar-refractivity contribution is 5.74. The van der Waals surface area contributed by atoms with Crippen LogP contribution in [0.4, 0.5) is 0 Å². The number of hydrogen-bond donors (Lipinski definition) is 0. The molecule has 5 fully saturated rings. The first-order valence-corrected chi connectivity index (χ1v) is 12.6. The number of carbonyl (C=O) groups excluding carboxylic acids is 1. The zero-order chi connectivity index (χ0) is 24.1. The van der Waals surface area contributed by atoms with Gasteiger partial charge in [0, 0.05) is 24.3 Å². The molecule has 1 aromatic carbocycles. The summed E-state index contributed by atoms with van der Waals surface area (Å²) in [4.78, 5) is 24.0. The Morgan fingerprint density at radius 3 is 2.74 bits per heavy atom. The van der Waals surface area contributed by atoms with Gasteiger partial charge in [-0.1, -0.05) is 19.9 Å². The number of carbonyl (C=O) groups is 1. The topological polar surface area (TPSA) is 81.7 Å². The number of ether oxygens (including phenoxy) is 5. The van der Waals surface area contributed by atoms with Crippen molar-refractivity contribution in [3.05, 3.63) is 24.3 Å². The largest absolute Gasteiger partial charge is 0.479 e. The lowest BCUT2D eigenvalue weighted by molar-refractivity contribution is -0.575. The van der Waals surface area contributed by atoms with E-state index in [1.165, 1.54) is 0 Å². The Morgan fingerprint density at radius 2 is 1.94 bits per heavy atom. The summed E-state index contributed by atoms with van der Waals surface area (Å²) in [6, 6.07) is 7.24. The number of benzene rings is 1. The van der Waals surface area contributed by atoms with E-state index in [1.54, 1.807) is 26.0 Å². The zero-order valence-corrected chi connectivity index (χ0v) is 20.7. The minimum atomic E-state index is -0.820. The fraction of sp³-hybridized carbons (Fsp3) is 0.731. The smallest absolute Gasteiger partial charge is 0.347 e. The van der Waals surface area contributed by atoms with Crippen LogP contribution in [0.2, 0.25) is 0 Å². The van der Waals surface area contributed by atoms with Gasteiger partial charge in [0.1, 0.15) is 11.5 Å². The molecule has 1 unspecified atom stereocenters. The van der Waals surface area contributed by atoms with Crippen molar-refractivity contribution < 1.29 is 38.3 Å². The van der Waals surface area contributed by atoms with Gasteiger partial charge in [-0.2, -0.15) is 0 Å². The van der Waals surface area contributed by atoms with Crippen molar-refractivity contribution in [2.24, 2.45) is 23.7 Å². The molecule has 6 rings (SSSR count). The molecule has 188 valence electrons. The molecule has 4 saturated heterocycles. The molecule has 2 bridgehead atoms. The second-order valence-electron chi connectivity index (χ2n) is 10.4. The summed E-state index contributed by atoms with van der Waals surface area (Å²) in [5.74, 6) is 0.968. The molecule has 8 heteroatoms. The SMILES string of the molecule is CCOC(=O)C(C)Oc1cccc(O[C@H]2O[C@@H]3O[C@]4(C)CC[C@H]5[C@H](C)CC[C@@H]([C@H]2C)[C@@]35OO4)c1. The van der Waals surface area contributed by atoms with Gasteiger partial charge in [0.25, 0.3) is 0 Å². The first-order chi connectivity index (χ1) is 16.3. The van der Waals surface area contributed by atoms with Crippen molar-refractivity contribution in [3.8, 4) is 11.5 Å². The molecule has 0 radical (unpaired) electrons. The van der Waals surface area contributed by atoms with Gasteiger partial charge in [-0.05, 0) is 64.0 Å². The molecule has 1 aliphatic carbocycles. The molecule has 0 amide bonds. The summed E-state index contributed by atoms with van der Waals surface area (Å²) in [5, 5.41) is 0. The van der Waals surface area contributed by atoms with Crippen molar-refractivity contribution in [2.45, 2.75) is 90.4 Å². The van der Waals surface area contributed by atoms with Gasteiger partial charge in [-0.3, -0.25) is 0 Å². The summed E-state index contributed by atoms with van der Waals surface area (Å²) in [5.41, 5.74) is -0.618. The summed E-state index contributed by atoms with van der Waals surface area (Å²) < 4.78 is 30.0. The van der Waals surface area contributed by atoms with Crippen LogP contribution < -0.4 is 9.47 Å². The lowest BCUT2D eigenvalue weighted by Gasteiger charge is -2.60. The zero-order valence-electron chi connectivity index (χ0n) is 20.7. The van der Waals surface area contributed by atoms with Crippen LogP contribution in [0.15, 0.2) is 24.3 Å². The van der Waals surface area contributed by atoms with Crippen molar-refractivity contribution in [3.63, 3.8) is 0 Å². The second-order valence-corrected chi connectivity index (χ2v) is 10.4. The van der Waals surface area contributed by atoms with Crippen molar-refractivity contribution in [1.29, 1.82) is 0 Å². The molecule has 34 heavy (non-hydrogen) atoms. The van der Waals surface area contributed by atoms with Gasteiger partial charge < -0.3 is 23.7 Å². The Kier molecular flexibility index (Phi) is 6.29. The standard InChI is InChI=1S/C26H36O8/c1-6-28-22(27)17(4)29-18-8-7-9-19(14-18)30-23-16(3)21-11-10-15(2)20-12-13-25(5)32-24(31-23)26(20,21)34-33-25/h7-9,14-17,20-21,23-24H,6,10-13H2,1-5H3/t15-,16-,17?,20+,21+,23+,24-,25+,26-/m1/s1. The maximum atomic E-state index is 11.9. The van der Waals surface area contributed by atoms with Crippen LogP contribution in [-0.4, -0.2) is 42.6 Å². The average Bonchev–Trinajstić information content (AvgIpc) is 3.03. The molecule has 8 nitrogen and oxygen atoms in total. The first-order valence-electron chi connectivity index (χ1n) is 12.6. The summed E-state index contributed by atoms with van der Waals surface area (Å²) in [7, 11) is 0. The maximum Gasteiger partial charge on any atom is 0.347 e. The lowest BCUT2D eigenvalue weighted by Crippen LogP contribution is -2.70. The quantitative estimate of drug-likeness (QED) is 0.435. The second kappa shape index (κ2) is 8.97. The first kappa shape index (κ1) is 23.9. The highest BCUT2D eigenvalue weighted by Gasteiger charge is 2.69. The molecule has 5 aliphatic rings. The lowest BCUT2D eigenvalue weighted by atomic mass is 9.58. The predicted molar refractivity (Wildman–Crippen MR) is 121 cm³/mol. The Balaban J connectivity index is 1.35. The van der Waals surface area contributed by atoms with Crippen LogP contribution in [0.3, 0.4) is 0 Å². The van der Waals surface area contributed by atoms with E-state index in [2.05, 4.69) is 13.8 Å². The normalized spacial score (nSPS) is 41.7. The third-order valence-electron chi connectivity index (χ3n) is 8.09. The molecule has 0 N–H and O–H groups in total. The molecular formula is C26H36O8. The number of rotatable bonds is 6. The van der Waals surface area contributed by atoms with E-state index < -0.39 is 36.0 Å². The fourth-order valence-corrected chi connectivity index (χ4v) is 6.27. The fourth-order valence-electron chi connectivity index (χ4n) is 6.27. The average molecular weight is 477 g/mol. The van der Waals surface area contributed by atoms with Crippen molar-refractivity contribution >= 4 is 5.97 Å². The highest BCUT2D eigenvalue weighted by Crippen LogP contribution is 2.60. The van der Waals surface area contributed by atoms with Crippen LogP contribution in [-0.2, 0) is 28.8 Å². The Labute approximate surface area is 201 Å². The third kappa shape index (κ3) is 3.98. The Hall–Kier alpha value is -1.87. The van der Waals surface area contributed by atoms with E-state index in [9.17, 15) is 4.79 Å². The molecule has 9 atom stereocenters. The van der Waals surface area contributed by atoms with E-state index >= 15 is 0 Å². The maximum absolute atomic E-state index is 11.9. The highest BCUT2D eigenvalue weighted by atomic mass is 17.3. The number of esters is 1. The summed E-state index contributed by atoms with van der Waals surface area (Å²) in [6.45, 7) is 10.1. The molecule has 4 aliphatic heterocycles. The van der Waals surface area contributed by atoms with E-state index in [0.717, 1.165) is 25.7 Å². The molecule has 4 heterocycles. The van der Waals surface area contributed by atoms with Gasteiger partial charge in [-0.25, -0.2) is 14.6 Å². The Bertz CT molecular complexity index is 907. The number of hydrogen-bond acceptors (Lipinski definition) is 8. The third-order valence-corrected chi connectivity index (χ3v) is 8.09. The van der Waals surface area contributed by atoms with Crippen LogP contribution >= 0.6 is 0 Å². The summed E-state index contributed by atoms with van der Waals surface area (Å²) in [6.07, 6.45) is 2.11. The van der Waals surface area contributed by atoms with Gasteiger partial charge in [0.15, 0.2) is 18.0 Å². The van der Waals surface area contributed by atoms with E-state index in [4.69, 9.17) is 33.5 Å². The van der Waals surface area contributed by atoms with Gasteiger partial charge in [0.2, 0.25) is 12.1 Å². The molecule has 1 saturated carbocycles. The van der Waals surface area contributed by atoms with Gasteiger partial charge in [-0.15, -0.1) is 0 Å². The van der Waals surface area contributed by atoms with Crippen LogP contribution in [0.5, 0.6) is 11.5 Å². The van der Waals surface area contributed by atoms with Crippen LogP contribution in [0.1, 0.15) is 60.3 Å². The van der Waals surface area contributed by atoms with E-state index in [1.807, 2.05) is 19.1 Å². The van der Waals surface area contributed by atoms with Crippen LogP contribution in [0, 0.1) is 23.7 Å². The Morgan fingerprint density at radius 1 is 1.15 bits per heavy atom. The van der Waals surface area contributed by atoms with Gasteiger partial charge in [0.05, 0.1) is 6.61 Å². The summed E-state index contributed by atoms with van der Waals surface area (Å²) >= 11 is 0. The predicted octanol–water partition coefficient (Wildman–Crippen LogP) is 4.60. The van der Waals surface area contributed by atoms with Crippen LogP contribution in [0.25, 0.3) is 0 Å².